The molecule has 1 unspecified atom stereocenters. The quantitative estimate of drug-likeness (QED) is 0.899. The van der Waals surface area contributed by atoms with Gasteiger partial charge in [-0.3, -0.25) is 4.79 Å². The number of thioether (sulfide) groups is 1. The van der Waals surface area contributed by atoms with Crippen LogP contribution in [0.3, 0.4) is 0 Å². The first-order valence-corrected chi connectivity index (χ1v) is 7.23. The third-order valence-corrected chi connectivity index (χ3v) is 4.48. The maximum atomic E-state index is 11.4. The number of aromatic nitrogens is 2. The summed E-state index contributed by atoms with van der Waals surface area (Å²) in [6.07, 6.45) is 3.60. The summed E-state index contributed by atoms with van der Waals surface area (Å²) in [5, 5.41) is 1.34. The van der Waals surface area contributed by atoms with Crippen LogP contribution in [0.1, 0.15) is 31.2 Å². The summed E-state index contributed by atoms with van der Waals surface area (Å²) >= 11 is 1.71. The number of ketones is 1. The van der Waals surface area contributed by atoms with Crippen molar-refractivity contribution in [2.45, 2.75) is 43.0 Å². The number of nitrogens with zero attached hydrogens (tertiary/aromatic N) is 1. The van der Waals surface area contributed by atoms with Gasteiger partial charge in [-0.25, -0.2) is 4.98 Å². The minimum absolute atomic E-state index is 0.394. The van der Waals surface area contributed by atoms with Gasteiger partial charge in [-0.05, 0) is 37.5 Å². The number of benzene rings is 1. The first-order chi connectivity index (χ1) is 8.70. The van der Waals surface area contributed by atoms with E-state index in [9.17, 15) is 4.79 Å². The fourth-order valence-corrected chi connectivity index (χ4v) is 3.59. The number of fused-ring (bicyclic) bond motifs is 1. The van der Waals surface area contributed by atoms with Crippen LogP contribution < -0.4 is 0 Å². The molecule has 0 saturated heterocycles. The van der Waals surface area contributed by atoms with Crippen LogP contribution in [0.2, 0.25) is 0 Å². The van der Waals surface area contributed by atoms with E-state index < -0.39 is 0 Å². The molecule has 94 valence electrons. The molecule has 0 aliphatic heterocycles. The monoisotopic (exact) mass is 260 g/mol. The predicted octanol–water partition coefficient (Wildman–Crippen LogP) is 3.48. The number of carbonyl (C=O) groups is 1. The van der Waals surface area contributed by atoms with Crippen molar-refractivity contribution in [1.82, 2.24) is 9.97 Å². The highest BCUT2D eigenvalue weighted by atomic mass is 32.2. The van der Waals surface area contributed by atoms with E-state index in [-0.39, 0.29) is 0 Å². The number of aromatic amines is 1. The number of H-pyrrole nitrogens is 1. The minimum atomic E-state index is 0.394. The third kappa shape index (κ3) is 2.43. The summed E-state index contributed by atoms with van der Waals surface area (Å²) in [4.78, 5) is 19.3. The van der Waals surface area contributed by atoms with Gasteiger partial charge in [0.25, 0.3) is 0 Å². The fourth-order valence-electron chi connectivity index (χ4n) is 2.40. The van der Waals surface area contributed by atoms with Crippen molar-refractivity contribution >= 4 is 28.6 Å². The van der Waals surface area contributed by atoms with Gasteiger partial charge in [-0.2, -0.15) is 0 Å². The zero-order valence-corrected chi connectivity index (χ0v) is 11.2. The van der Waals surface area contributed by atoms with Crippen LogP contribution >= 0.6 is 11.8 Å². The third-order valence-electron chi connectivity index (χ3n) is 3.33. The molecule has 1 aliphatic rings. The van der Waals surface area contributed by atoms with Gasteiger partial charge in [0.2, 0.25) is 0 Å². The van der Waals surface area contributed by atoms with Gasteiger partial charge in [-0.1, -0.05) is 17.8 Å². The van der Waals surface area contributed by atoms with Crippen LogP contribution in [0.25, 0.3) is 11.0 Å². The fraction of sp³-hybridized carbons (Fsp3) is 0.429. The number of aryl methyl sites for hydroxylation is 1. The van der Waals surface area contributed by atoms with Gasteiger partial charge in [0.15, 0.2) is 5.16 Å². The standard InChI is InChI=1S/C14H16N2OS/c1-9-5-6-12-13(7-9)16-14(15-12)18-11-4-2-3-10(17)8-11/h5-7,11H,2-4,8H2,1H3,(H,15,16). The van der Waals surface area contributed by atoms with Crippen molar-refractivity contribution in [2.75, 3.05) is 0 Å². The van der Waals surface area contributed by atoms with Crippen LogP contribution in [0.4, 0.5) is 0 Å². The Morgan fingerprint density at radius 1 is 1.44 bits per heavy atom. The van der Waals surface area contributed by atoms with E-state index in [1.807, 2.05) is 6.07 Å². The lowest BCUT2D eigenvalue weighted by molar-refractivity contribution is -0.120. The van der Waals surface area contributed by atoms with Gasteiger partial charge in [0.05, 0.1) is 11.0 Å². The summed E-state index contributed by atoms with van der Waals surface area (Å²) in [7, 11) is 0. The second-order valence-corrected chi connectivity index (χ2v) is 6.23. The Hall–Kier alpha value is -1.29. The molecule has 1 fully saturated rings. The Morgan fingerprint density at radius 3 is 3.17 bits per heavy atom. The van der Waals surface area contributed by atoms with E-state index in [1.165, 1.54) is 5.56 Å². The Balaban J connectivity index is 1.80. The molecular formula is C14H16N2OS. The molecule has 1 N–H and O–H groups in total. The number of hydrogen-bond donors (Lipinski definition) is 1. The van der Waals surface area contributed by atoms with Crippen LogP contribution in [0.15, 0.2) is 23.4 Å². The first-order valence-electron chi connectivity index (χ1n) is 6.35. The van der Waals surface area contributed by atoms with Gasteiger partial charge >= 0.3 is 0 Å². The molecule has 1 saturated carbocycles. The molecule has 0 radical (unpaired) electrons. The molecule has 2 aromatic rings. The van der Waals surface area contributed by atoms with Crippen molar-refractivity contribution < 1.29 is 4.79 Å². The lowest BCUT2D eigenvalue weighted by Gasteiger charge is -2.18. The van der Waals surface area contributed by atoms with E-state index in [2.05, 4.69) is 29.0 Å². The highest BCUT2D eigenvalue weighted by molar-refractivity contribution is 7.99. The topological polar surface area (TPSA) is 45.8 Å². The average Bonchev–Trinajstić information content (AvgIpc) is 2.70. The summed E-state index contributed by atoms with van der Waals surface area (Å²) in [5.74, 6) is 0.394. The Kier molecular flexibility index (Phi) is 3.12. The maximum absolute atomic E-state index is 11.4. The Labute approximate surface area is 110 Å². The minimum Gasteiger partial charge on any atom is -0.333 e. The van der Waals surface area contributed by atoms with Gasteiger partial charge in [0.1, 0.15) is 5.78 Å². The second kappa shape index (κ2) is 4.76. The number of rotatable bonds is 2. The molecule has 0 bridgehead atoms. The van der Waals surface area contributed by atoms with Crippen molar-refractivity contribution in [3.63, 3.8) is 0 Å². The highest BCUT2D eigenvalue weighted by Gasteiger charge is 2.21. The lowest BCUT2D eigenvalue weighted by atomic mass is 9.99. The summed E-state index contributed by atoms with van der Waals surface area (Å²) in [6, 6.07) is 6.22. The van der Waals surface area contributed by atoms with E-state index in [0.717, 1.165) is 35.5 Å². The average molecular weight is 260 g/mol. The van der Waals surface area contributed by atoms with Gasteiger partial charge in [0, 0.05) is 18.1 Å². The van der Waals surface area contributed by atoms with Crippen molar-refractivity contribution in [3.8, 4) is 0 Å². The zero-order chi connectivity index (χ0) is 12.5. The molecule has 4 heteroatoms. The number of nitrogens with one attached hydrogen (secondary N) is 1. The molecule has 1 aliphatic carbocycles. The van der Waals surface area contributed by atoms with Crippen molar-refractivity contribution in [1.29, 1.82) is 0 Å². The van der Waals surface area contributed by atoms with Gasteiger partial charge in [-0.15, -0.1) is 0 Å². The Bertz CT molecular complexity index is 590. The normalized spacial score (nSPS) is 20.5. The molecule has 0 amide bonds. The Morgan fingerprint density at radius 2 is 2.33 bits per heavy atom. The molecule has 1 heterocycles. The molecule has 0 spiro atoms. The smallest absolute Gasteiger partial charge is 0.166 e. The summed E-state index contributed by atoms with van der Waals surface area (Å²) < 4.78 is 0. The highest BCUT2D eigenvalue weighted by Crippen LogP contribution is 2.31. The van der Waals surface area contributed by atoms with E-state index in [1.54, 1.807) is 11.8 Å². The molecule has 18 heavy (non-hydrogen) atoms. The van der Waals surface area contributed by atoms with Crippen molar-refractivity contribution in [2.24, 2.45) is 0 Å². The SMILES string of the molecule is Cc1ccc2nc(SC3CCCC(=O)C3)[nH]c2c1. The first kappa shape index (κ1) is 11.8. The molecule has 3 nitrogen and oxygen atoms in total. The van der Waals surface area contributed by atoms with E-state index >= 15 is 0 Å². The molecular weight excluding hydrogens is 244 g/mol. The zero-order valence-electron chi connectivity index (χ0n) is 10.4. The number of Topliss-reactive ketones (excluding diaryl/α,β-unsaturated/α-hetero) is 1. The van der Waals surface area contributed by atoms with Gasteiger partial charge < -0.3 is 4.98 Å². The van der Waals surface area contributed by atoms with Crippen LogP contribution in [-0.2, 0) is 4.79 Å². The van der Waals surface area contributed by atoms with Crippen LogP contribution in [0, 0.1) is 6.92 Å². The predicted molar refractivity (Wildman–Crippen MR) is 74.0 cm³/mol. The summed E-state index contributed by atoms with van der Waals surface area (Å²) in [5.41, 5.74) is 3.32. The number of hydrogen-bond acceptors (Lipinski definition) is 3. The molecule has 1 atom stereocenters. The molecule has 1 aromatic heterocycles. The summed E-state index contributed by atoms with van der Waals surface area (Å²) in [6.45, 7) is 2.08. The second-order valence-electron chi connectivity index (χ2n) is 4.94. The molecule has 3 rings (SSSR count). The van der Waals surface area contributed by atoms with E-state index in [4.69, 9.17) is 0 Å². The number of carbonyl (C=O) groups excluding carboxylic acids is 1. The lowest BCUT2D eigenvalue weighted by Crippen LogP contribution is -2.16. The van der Waals surface area contributed by atoms with Crippen LogP contribution in [-0.4, -0.2) is 21.0 Å². The van der Waals surface area contributed by atoms with Crippen LogP contribution in [0.5, 0.6) is 0 Å². The maximum Gasteiger partial charge on any atom is 0.166 e. The molecule has 1 aromatic carbocycles. The largest absolute Gasteiger partial charge is 0.333 e. The van der Waals surface area contributed by atoms with E-state index in [0.29, 0.717) is 17.5 Å². The number of imidazole rings is 1. The van der Waals surface area contributed by atoms with Crippen molar-refractivity contribution in [3.05, 3.63) is 23.8 Å².